The molecule has 1 N–H and O–H groups in total. The van der Waals surface area contributed by atoms with Crippen LogP contribution in [0.15, 0.2) is 30.5 Å². The molecule has 2 aromatic heterocycles. The van der Waals surface area contributed by atoms with Gasteiger partial charge in [-0.25, -0.2) is 4.98 Å². The highest BCUT2D eigenvalue weighted by atomic mass is 19.4. The number of pyridine rings is 1. The third kappa shape index (κ3) is 8.83. The lowest BCUT2D eigenvalue weighted by Gasteiger charge is -2.34. The number of aliphatic carboxylic acids is 1. The van der Waals surface area contributed by atoms with Crippen molar-refractivity contribution in [3.05, 3.63) is 58.3 Å². The topological polar surface area (TPSA) is 124 Å². The number of aromatic nitrogens is 5. The summed E-state index contributed by atoms with van der Waals surface area (Å²) in [6, 6.07) is 5.54. The van der Waals surface area contributed by atoms with E-state index in [4.69, 9.17) is 5.11 Å². The minimum atomic E-state index is -4.73. The minimum Gasteiger partial charge on any atom is -0.481 e. The number of anilines is 2. The van der Waals surface area contributed by atoms with Crippen LogP contribution in [0.5, 0.6) is 0 Å². The van der Waals surface area contributed by atoms with Gasteiger partial charge in [0.2, 0.25) is 0 Å². The zero-order valence-electron chi connectivity index (χ0n) is 24.6. The molecule has 2 heterocycles. The van der Waals surface area contributed by atoms with E-state index < -0.39 is 29.4 Å². The lowest BCUT2D eigenvalue weighted by molar-refractivity contribution is -0.139. The summed E-state index contributed by atoms with van der Waals surface area (Å²) < 4.78 is 82.3. The first kappa shape index (κ1) is 33.5. The first-order valence-corrected chi connectivity index (χ1v) is 14.3. The lowest BCUT2D eigenvalue weighted by Crippen LogP contribution is -2.34. The van der Waals surface area contributed by atoms with Crippen LogP contribution >= 0.6 is 0 Å². The smallest absolute Gasteiger partial charge is 0.417 e. The van der Waals surface area contributed by atoms with Gasteiger partial charge in [0.05, 0.1) is 29.8 Å². The van der Waals surface area contributed by atoms with E-state index in [0.29, 0.717) is 13.1 Å². The Morgan fingerprint density at radius 2 is 1.67 bits per heavy atom. The number of nitrogens with zero attached hydrogens (tertiary/aromatic N) is 8. The van der Waals surface area contributed by atoms with Crippen LogP contribution in [0, 0.1) is 23.2 Å². The molecular weight excluding hydrogens is 606 g/mol. The van der Waals surface area contributed by atoms with Crippen LogP contribution in [0.25, 0.3) is 0 Å². The summed E-state index contributed by atoms with van der Waals surface area (Å²) in [6.45, 7) is 2.18. The maximum atomic E-state index is 13.8. The summed E-state index contributed by atoms with van der Waals surface area (Å²) in [5.74, 6) is -0.369. The van der Waals surface area contributed by atoms with Gasteiger partial charge in [0, 0.05) is 44.4 Å². The molecule has 10 nitrogen and oxygen atoms in total. The van der Waals surface area contributed by atoms with Crippen molar-refractivity contribution < 1.29 is 36.2 Å². The SMILES string of the molecule is CCN(C[C@H]1CC[C@H](CC(=O)O)CC1)c1ncc(C(F)(F)F)cc1CN(Cc1cc(C#N)cc(C(F)(F)F)c1)c1nnn(C)n1. The quantitative estimate of drug-likeness (QED) is 0.259. The Morgan fingerprint density at radius 1 is 1.00 bits per heavy atom. The van der Waals surface area contributed by atoms with Crippen LogP contribution in [0.2, 0.25) is 0 Å². The molecule has 1 aliphatic carbocycles. The molecule has 0 radical (unpaired) electrons. The van der Waals surface area contributed by atoms with E-state index in [1.54, 1.807) is 6.07 Å². The number of alkyl halides is 6. The molecule has 0 amide bonds. The van der Waals surface area contributed by atoms with E-state index in [1.807, 2.05) is 11.8 Å². The molecule has 1 saturated carbocycles. The molecular formula is C29H32F6N8O2. The third-order valence-electron chi connectivity index (χ3n) is 7.82. The summed E-state index contributed by atoms with van der Waals surface area (Å²) >= 11 is 0. The minimum absolute atomic E-state index is 0.0448. The van der Waals surface area contributed by atoms with Crippen molar-refractivity contribution in [2.24, 2.45) is 18.9 Å². The number of hydrogen-bond acceptors (Lipinski definition) is 8. The molecule has 0 aliphatic heterocycles. The molecule has 45 heavy (non-hydrogen) atoms. The molecule has 0 unspecified atom stereocenters. The average molecular weight is 639 g/mol. The molecule has 4 rings (SSSR count). The summed E-state index contributed by atoms with van der Waals surface area (Å²) in [6.07, 6.45) is -5.61. The largest absolute Gasteiger partial charge is 0.481 e. The van der Waals surface area contributed by atoms with Gasteiger partial charge in [-0.05, 0) is 79.5 Å². The van der Waals surface area contributed by atoms with Crippen molar-refractivity contribution in [3.63, 3.8) is 0 Å². The van der Waals surface area contributed by atoms with Gasteiger partial charge in [0.1, 0.15) is 5.82 Å². The first-order valence-electron chi connectivity index (χ1n) is 14.3. The Bertz CT molecular complexity index is 1530. The summed E-state index contributed by atoms with van der Waals surface area (Å²) in [5, 5.41) is 30.3. The Kier molecular flexibility index (Phi) is 10.2. The van der Waals surface area contributed by atoms with E-state index in [-0.39, 0.29) is 59.8 Å². The Hall–Kier alpha value is -4.42. The lowest BCUT2D eigenvalue weighted by atomic mass is 9.80. The highest BCUT2D eigenvalue weighted by molar-refractivity contribution is 5.67. The van der Waals surface area contributed by atoms with Crippen LogP contribution in [0.3, 0.4) is 0 Å². The zero-order valence-corrected chi connectivity index (χ0v) is 24.6. The van der Waals surface area contributed by atoms with Gasteiger partial charge >= 0.3 is 18.3 Å². The fourth-order valence-electron chi connectivity index (χ4n) is 5.64. The zero-order chi connectivity index (χ0) is 32.9. The Morgan fingerprint density at radius 3 is 2.22 bits per heavy atom. The molecule has 242 valence electrons. The number of rotatable bonds is 11. The van der Waals surface area contributed by atoms with Gasteiger partial charge < -0.3 is 14.9 Å². The van der Waals surface area contributed by atoms with Gasteiger partial charge in [0.15, 0.2) is 0 Å². The molecule has 3 aromatic rings. The number of nitriles is 1. The van der Waals surface area contributed by atoms with Crippen LogP contribution < -0.4 is 9.80 Å². The van der Waals surface area contributed by atoms with Gasteiger partial charge in [-0.15, -0.1) is 5.10 Å². The maximum Gasteiger partial charge on any atom is 0.417 e. The van der Waals surface area contributed by atoms with Crippen LogP contribution in [-0.4, -0.2) is 49.4 Å². The van der Waals surface area contributed by atoms with Crippen molar-refractivity contribution >= 4 is 17.7 Å². The fourth-order valence-corrected chi connectivity index (χ4v) is 5.64. The molecule has 0 spiro atoms. The number of tetrazole rings is 1. The third-order valence-corrected chi connectivity index (χ3v) is 7.82. The highest BCUT2D eigenvalue weighted by Crippen LogP contribution is 2.36. The van der Waals surface area contributed by atoms with E-state index in [0.717, 1.165) is 54.9 Å². The first-order chi connectivity index (χ1) is 21.2. The van der Waals surface area contributed by atoms with E-state index >= 15 is 0 Å². The monoisotopic (exact) mass is 638 g/mol. The van der Waals surface area contributed by atoms with Crippen molar-refractivity contribution in [1.29, 1.82) is 5.26 Å². The fraction of sp³-hybridized carbons (Fsp3) is 0.517. The summed E-state index contributed by atoms with van der Waals surface area (Å²) in [7, 11) is 1.47. The van der Waals surface area contributed by atoms with E-state index in [1.165, 1.54) is 18.0 Å². The molecule has 0 saturated heterocycles. The number of aryl methyl sites for hydroxylation is 1. The molecule has 0 atom stereocenters. The van der Waals surface area contributed by atoms with Crippen LogP contribution in [0.4, 0.5) is 38.1 Å². The van der Waals surface area contributed by atoms with Crippen molar-refractivity contribution in [3.8, 4) is 6.07 Å². The number of carboxylic acid groups (broad SMARTS) is 1. The Balaban J connectivity index is 1.69. The normalized spacial score (nSPS) is 17.1. The summed E-state index contributed by atoms with van der Waals surface area (Å²) in [5.41, 5.74) is -2.06. The van der Waals surface area contributed by atoms with Gasteiger partial charge in [-0.2, -0.15) is 36.4 Å². The average Bonchev–Trinajstić information content (AvgIpc) is 3.41. The number of hydrogen-bond donors (Lipinski definition) is 1. The van der Waals surface area contributed by atoms with Crippen molar-refractivity contribution in [2.75, 3.05) is 22.9 Å². The van der Waals surface area contributed by atoms with Crippen molar-refractivity contribution in [1.82, 2.24) is 25.2 Å². The predicted octanol–water partition coefficient (Wildman–Crippen LogP) is 5.83. The van der Waals surface area contributed by atoms with Crippen LogP contribution in [0.1, 0.15) is 66.8 Å². The van der Waals surface area contributed by atoms with Gasteiger partial charge in [-0.1, -0.05) is 5.10 Å². The van der Waals surface area contributed by atoms with Crippen molar-refractivity contribution in [2.45, 2.75) is 64.5 Å². The van der Waals surface area contributed by atoms with Crippen LogP contribution in [-0.2, 0) is 37.3 Å². The number of carboxylic acids is 1. The van der Waals surface area contributed by atoms with E-state index in [9.17, 15) is 36.4 Å². The molecule has 0 bridgehead atoms. The Labute approximate surface area is 255 Å². The predicted molar refractivity (Wildman–Crippen MR) is 150 cm³/mol. The molecule has 1 fully saturated rings. The molecule has 1 aliphatic rings. The highest BCUT2D eigenvalue weighted by Gasteiger charge is 2.34. The number of halogens is 6. The standard InChI is InChI=1S/C29H32F6N8O2/c1-3-42(15-19-6-4-18(5-7-19)11-25(44)45)26-22(12-24(14-37-26)29(33,34)35)17-43(27-38-40-41(2)39-27)16-21-8-20(13-36)9-23(10-21)28(30,31)32/h8-10,12,14,18-19H,3-7,11,15-17H2,1-2H3,(H,44,45)/t18-,19-. The summed E-state index contributed by atoms with van der Waals surface area (Å²) in [4.78, 5) is 19.7. The number of benzene rings is 1. The molecule has 1 aromatic carbocycles. The van der Waals surface area contributed by atoms with Gasteiger partial charge in [-0.3, -0.25) is 4.79 Å². The second kappa shape index (κ2) is 13.7. The maximum absolute atomic E-state index is 13.8. The second-order valence-electron chi connectivity index (χ2n) is 11.2. The second-order valence-corrected chi connectivity index (χ2v) is 11.2. The molecule has 16 heteroatoms. The van der Waals surface area contributed by atoms with Gasteiger partial charge in [0.25, 0.3) is 5.95 Å². The van der Waals surface area contributed by atoms with E-state index in [2.05, 4.69) is 20.4 Å². The number of carbonyl (C=O) groups is 1.